The first-order valence-electron chi connectivity index (χ1n) is 6.55. The molecule has 2 rings (SSSR count). The molecular formula is C15H14F2N4O. The van der Waals surface area contributed by atoms with Crippen LogP contribution >= 0.6 is 0 Å². The molecule has 0 saturated heterocycles. The number of hydrogen-bond acceptors (Lipinski definition) is 3. The van der Waals surface area contributed by atoms with Crippen LogP contribution in [0.1, 0.15) is 12.0 Å². The molecule has 114 valence electrons. The number of allylic oxidation sites excluding steroid dienone is 4. The van der Waals surface area contributed by atoms with Gasteiger partial charge in [-0.15, -0.1) is 0 Å². The fraction of sp³-hybridized carbons (Fsp3) is 0.133. The summed E-state index contributed by atoms with van der Waals surface area (Å²) < 4.78 is 25.9. The topological polar surface area (TPSA) is 65.8 Å². The quantitative estimate of drug-likeness (QED) is 0.652. The highest BCUT2D eigenvalue weighted by atomic mass is 19.1. The second-order valence-electron chi connectivity index (χ2n) is 4.50. The first-order chi connectivity index (χ1) is 10.6. The van der Waals surface area contributed by atoms with Crippen LogP contribution in [0, 0.1) is 11.7 Å². The van der Waals surface area contributed by atoms with Crippen molar-refractivity contribution < 1.29 is 13.6 Å². The highest BCUT2D eigenvalue weighted by molar-refractivity contribution is 5.82. The number of hydrogen-bond donors (Lipinski definition) is 2. The van der Waals surface area contributed by atoms with Gasteiger partial charge in [-0.2, -0.15) is 10.2 Å². The number of carbonyl (C=O) groups is 1. The number of rotatable bonds is 4. The molecule has 1 aliphatic rings. The van der Waals surface area contributed by atoms with Crippen molar-refractivity contribution >= 4 is 18.5 Å². The molecule has 1 aromatic carbocycles. The highest BCUT2D eigenvalue weighted by Gasteiger charge is 2.06. The minimum atomic E-state index is -0.653. The Morgan fingerprint density at radius 1 is 1.27 bits per heavy atom. The summed E-state index contributed by atoms with van der Waals surface area (Å²) in [6.07, 6.45) is 7.83. The van der Waals surface area contributed by atoms with Gasteiger partial charge < -0.3 is 0 Å². The SMILES string of the molecule is O=C(N/N=C/c1cccc(F)c1)N/N=C/C1C=C(F)C=CC1. The Kier molecular flexibility index (Phi) is 5.53. The summed E-state index contributed by atoms with van der Waals surface area (Å²) in [5.41, 5.74) is 4.89. The molecule has 1 atom stereocenters. The lowest BCUT2D eigenvalue weighted by molar-refractivity contribution is 0.242. The van der Waals surface area contributed by atoms with E-state index in [-0.39, 0.29) is 17.6 Å². The van der Waals surface area contributed by atoms with Crippen LogP contribution in [0.25, 0.3) is 0 Å². The lowest BCUT2D eigenvalue weighted by Gasteiger charge is -2.07. The maximum atomic E-state index is 12.9. The van der Waals surface area contributed by atoms with Gasteiger partial charge in [-0.05, 0) is 36.3 Å². The van der Waals surface area contributed by atoms with E-state index in [2.05, 4.69) is 21.1 Å². The van der Waals surface area contributed by atoms with Crippen molar-refractivity contribution in [3.05, 3.63) is 59.7 Å². The molecule has 5 nitrogen and oxygen atoms in total. The Hall–Kier alpha value is -2.83. The number of carbonyl (C=O) groups excluding carboxylic acids is 1. The van der Waals surface area contributed by atoms with E-state index in [9.17, 15) is 13.6 Å². The van der Waals surface area contributed by atoms with Crippen LogP contribution in [0.2, 0.25) is 0 Å². The molecule has 22 heavy (non-hydrogen) atoms. The van der Waals surface area contributed by atoms with Crippen molar-refractivity contribution in [2.24, 2.45) is 16.1 Å². The standard InChI is InChI=1S/C15H14F2N4O/c16-13-5-1-3-11(7-13)9-18-20-15(22)21-19-10-12-4-2-6-14(17)8-12/h1-3,5-10,12H,4H2,(H2,20,21,22)/b18-9+,19-10+. The first kappa shape index (κ1) is 15.6. The van der Waals surface area contributed by atoms with E-state index in [1.165, 1.54) is 42.8 Å². The van der Waals surface area contributed by atoms with Gasteiger partial charge in [0.05, 0.1) is 6.21 Å². The van der Waals surface area contributed by atoms with E-state index in [0.29, 0.717) is 12.0 Å². The van der Waals surface area contributed by atoms with Gasteiger partial charge in [-0.1, -0.05) is 18.2 Å². The Balaban J connectivity index is 1.75. The van der Waals surface area contributed by atoms with Gasteiger partial charge in [0.25, 0.3) is 0 Å². The molecule has 2 amide bonds. The van der Waals surface area contributed by atoms with Crippen LogP contribution in [0.15, 0.2) is 58.5 Å². The van der Waals surface area contributed by atoms with E-state index < -0.39 is 6.03 Å². The second kappa shape index (κ2) is 7.82. The van der Waals surface area contributed by atoms with E-state index >= 15 is 0 Å². The predicted molar refractivity (Wildman–Crippen MR) is 80.6 cm³/mol. The lowest BCUT2D eigenvalue weighted by atomic mass is 10.0. The Morgan fingerprint density at radius 3 is 2.86 bits per heavy atom. The Labute approximate surface area is 126 Å². The number of urea groups is 1. The average molecular weight is 304 g/mol. The molecular weight excluding hydrogens is 290 g/mol. The van der Waals surface area contributed by atoms with Crippen LogP contribution in [-0.2, 0) is 0 Å². The third-order valence-electron chi connectivity index (χ3n) is 2.72. The van der Waals surface area contributed by atoms with Crippen LogP contribution in [-0.4, -0.2) is 18.5 Å². The molecule has 0 spiro atoms. The second-order valence-corrected chi connectivity index (χ2v) is 4.50. The number of nitrogens with one attached hydrogen (secondary N) is 2. The Morgan fingerprint density at radius 2 is 2.09 bits per heavy atom. The molecule has 0 fully saturated rings. The van der Waals surface area contributed by atoms with Crippen molar-refractivity contribution in [2.45, 2.75) is 6.42 Å². The maximum Gasteiger partial charge on any atom is 0.355 e. The van der Waals surface area contributed by atoms with Crippen LogP contribution in [0.5, 0.6) is 0 Å². The van der Waals surface area contributed by atoms with Crippen molar-refractivity contribution in [3.8, 4) is 0 Å². The zero-order chi connectivity index (χ0) is 15.8. The molecule has 0 aliphatic heterocycles. The molecule has 0 radical (unpaired) electrons. The van der Waals surface area contributed by atoms with Crippen LogP contribution in [0.3, 0.4) is 0 Å². The summed E-state index contributed by atoms with van der Waals surface area (Å²) >= 11 is 0. The number of nitrogens with zero attached hydrogens (tertiary/aromatic N) is 2. The molecule has 1 aliphatic carbocycles. The normalized spacial score (nSPS) is 17.7. The fourth-order valence-electron chi connectivity index (χ4n) is 1.74. The third-order valence-corrected chi connectivity index (χ3v) is 2.72. The predicted octanol–water partition coefficient (Wildman–Crippen LogP) is 2.87. The first-order valence-corrected chi connectivity index (χ1v) is 6.55. The van der Waals surface area contributed by atoms with Gasteiger partial charge in [0.15, 0.2) is 0 Å². The zero-order valence-corrected chi connectivity index (χ0v) is 11.5. The minimum absolute atomic E-state index is 0.193. The van der Waals surface area contributed by atoms with Crippen LogP contribution < -0.4 is 10.9 Å². The van der Waals surface area contributed by atoms with Gasteiger partial charge in [0.1, 0.15) is 11.6 Å². The molecule has 0 saturated carbocycles. The van der Waals surface area contributed by atoms with Crippen molar-refractivity contribution in [1.29, 1.82) is 0 Å². The summed E-state index contributed by atoms with van der Waals surface area (Å²) in [6, 6.07) is 5.11. The zero-order valence-electron chi connectivity index (χ0n) is 11.5. The minimum Gasteiger partial charge on any atom is -0.245 e. The summed E-state index contributed by atoms with van der Waals surface area (Å²) in [6.45, 7) is 0. The maximum absolute atomic E-state index is 12.9. The monoisotopic (exact) mass is 304 g/mol. The molecule has 1 unspecified atom stereocenters. The molecule has 1 aromatic rings. The number of benzene rings is 1. The van der Waals surface area contributed by atoms with Gasteiger partial charge in [-0.25, -0.2) is 24.4 Å². The molecule has 0 aromatic heterocycles. The van der Waals surface area contributed by atoms with Gasteiger partial charge in [-0.3, -0.25) is 0 Å². The number of hydrazone groups is 2. The lowest BCUT2D eigenvalue weighted by Crippen LogP contribution is -2.28. The number of halogens is 2. The van der Waals surface area contributed by atoms with E-state index in [1.807, 2.05) is 0 Å². The van der Waals surface area contributed by atoms with Gasteiger partial charge >= 0.3 is 6.03 Å². The third kappa shape index (κ3) is 5.28. The van der Waals surface area contributed by atoms with Crippen molar-refractivity contribution in [3.63, 3.8) is 0 Å². The molecule has 0 heterocycles. The largest absolute Gasteiger partial charge is 0.355 e. The summed E-state index contributed by atoms with van der Waals surface area (Å²) in [5.74, 6) is -0.909. The van der Waals surface area contributed by atoms with Crippen molar-refractivity contribution in [1.82, 2.24) is 10.9 Å². The van der Waals surface area contributed by atoms with Gasteiger partial charge in [0.2, 0.25) is 0 Å². The average Bonchev–Trinajstić information content (AvgIpc) is 2.47. The van der Waals surface area contributed by atoms with Crippen LogP contribution in [0.4, 0.5) is 13.6 Å². The smallest absolute Gasteiger partial charge is 0.245 e. The van der Waals surface area contributed by atoms with Gasteiger partial charge in [0, 0.05) is 12.1 Å². The number of amides is 2. The Bertz CT molecular complexity index is 653. The summed E-state index contributed by atoms with van der Waals surface area (Å²) in [4.78, 5) is 11.4. The summed E-state index contributed by atoms with van der Waals surface area (Å²) in [7, 11) is 0. The molecule has 7 heteroatoms. The van der Waals surface area contributed by atoms with E-state index in [1.54, 1.807) is 12.1 Å². The van der Waals surface area contributed by atoms with E-state index in [0.717, 1.165) is 0 Å². The van der Waals surface area contributed by atoms with E-state index in [4.69, 9.17) is 0 Å². The van der Waals surface area contributed by atoms with Crippen molar-refractivity contribution in [2.75, 3.05) is 0 Å². The summed E-state index contributed by atoms with van der Waals surface area (Å²) in [5, 5.41) is 7.35. The fourth-order valence-corrected chi connectivity index (χ4v) is 1.74. The highest BCUT2D eigenvalue weighted by Crippen LogP contribution is 2.15. The molecule has 2 N–H and O–H groups in total. The molecule has 0 bridgehead atoms.